The lowest BCUT2D eigenvalue weighted by molar-refractivity contribution is -0.129. The van der Waals surface area contributed by atoms with Gasteiger partial charge in [0.05, 0.1) is 5.75 Å². The van der Waals surface area contributed by atoms with E-state index < -0.39 is 0 Å². The average molecular weight is 457 g/mol. The molecule has 1 aromatic heterocycles. The molecular formula is C25H36N4O2S. The van der Waals surface area contributed by atoms with Crippen LogP contribution in [0.15, 0.2) is 42.1 Å². The first-order valence-electron chi connectivity index (χ1n) is 11.4. The number of carbonyl (C=O) groups is 1. The minimum absolute atomic E-state index is 0.108. The van der Waals surface area contributed by atoms with Gasteiger partial charge in [0.15, 0.2) is 11.0 Å². The highest BCUT2D eigenvalue weighted by Gasteiger charge is 2.23. The van der Waals surface area contributed by atoms with Crippen LogP contribution in [0.25, 0.3) is 0 Å². The van der Waals surface area contributed by atoms with Crippen molar-refractivity contribution in [1.29, 1.82) is 0 Å². The standard InChI is InChI=1S/C25H36N4O2S/c1-6-16-29-22(17-31-21-14-12-19(13-15-21)25(2,3)4)26-27-24(29)32-18-23(30)28(5)20-10-8-7-9-11-20/h6,12-15,20H,1,7-11,16-18H2,2-5H3. The van der Waals surface area contributed by atoms with E-state index >= 15 is 0 Å². The van der Waals surface area contributed by atoms with Gasteiger partial charge in [-0.2, -0.15) is 0 Å². The lowest BCUT2D eigenvalue weighted by atomic mass is 9.87. The van der Waals surface area contributed by atoms with Crippen LogP contribution >= 0.6 is 11.8 Å². The van der Waals surface area contributed by atoms with Gasteiger partial charge in [0, 0.05) is 19.6 Å². The monoisotopic (exact) mass is 456 g/mol. The van der Waals surface area contributed by atoms with Gasteiger partial charge in [-0.15, -0.1) is 16.8 Å². The molecule has 2 aromatic rings. The van der Waals surface area contributed by atoms with E-state index in [1.165, 1.54) is 36.6 Å². The van der Waals surface area contributed by atoms with Gasteiger partial charge in [-0.1, -0.05) is 70.0 Å². The summed E-state index contributed by atoms with van der Waals surface area (Å²) >= 11 is 1.43. The number of aromatic nitrogens is 3. The van der Waals surface area contributed by atoms with Crippen LogP contribution in [0.5, 0.6) is 5.75 Å². The van der Waals surface area contributed by atoms with E-state index in [2.05, 4.69) is 49.7 Å². The van der Waals surface area contributed by atoms with Gasteiger partial charge >= 0.3 is 0 Å². The van der Waals surface area contributed by atoms with Gasteiger partial charge in [0.1, 0.15) is 12.4 Å². The summed E-state index contributed by atoms with van der Waals surface area (Å²) in [5.74, 6) is 2.02. The molecule has 3 rings (SSSR count). The first-order chi connectivity index (χ1) is 15.3. The first kappa shape index (κ1) is 24.4. The Hall–Kier alpha value is -2.28. The first-order valence-corrected chi connectivity index (χ1v) is 12.4. The van der Waals surface area contributed by atoms with Crippen molar-refractivity contribution in [1.82, 2.24) is 19.7 Å². The molecule has 0 aliphatic heterocycles. The number of benzene rings is 1. The van der Waals surface area contributed by atoms with Crippen LogP contribution in [-0.2, 0) is 23.4 Å². The third-order valence-electron chi connectivity index (χ3n) is 6.03. The highest BCUT2D eigenvalue weighted by molar-refractivity contribution is 7.99. The van der Waals surface area contributed by atoms with Crippen LogP contribution < -0.4 is 4.74 Å². The third kappa shape index (κ3) is 6.37. The molecule has 1 aliphatic carbocycles. The zero-order chi connectivity index (χ0) is 23.1. The van der Waals surface area contributed by atoms with Crippen molar-refractivity contribution in [3.8, 4) is 5.75 Å². The molecule has 7 heteroatoms. The fraction of sp³-hybridized carbons (Fsp3) is 0.560. The smallest absolute Gasteiger partial charge is 0.233 e. The van der Waals surface area contributed by atoms with Gasteiger partial charge in [-0.3, -0.25) is 9.36 Å². The van der Waals surface area contributed by atoms with Gasteiger partial charge in [0.2, 0.25) is 5.91 Å². The van der Waals surface area contributed by atoms with E-state index in [0.717, 1.165) is 29.6 Å². The molecule has 1 saturated carbocycles. The molecule has 1 aromatic carbocycles. The van der Waals surface area contributed by atoms with Crippen LogP contribution in [-0.4, -0.2) is 44.4 Å². The van der Waals surface area contributed by atoms with Crippen LogP contribution in [0.3, 0.4) is 0 Å². The number of nitrogens with zero attached hydrogens (tertiary/aromatic N) is 4. The Kier molecular flexibility index (Phi) is 8.40. The molecule has 0 bridgehead atoms. The van der Waals surface area contributed by atoms with Crippen molar-refractivity contribution in [3.05, 3.63) is 48.3 Å². The maximum absolute atomic E-state index is 12.7. The molecule has 1 aliphatic rings. The minimum Gasteiger partial charge on any atom is -0.486 e. The highest BCUT2D eigenvalue weighted by atomic mass is 32.2. The lowest BCUT2D eigenvalue weighted by Gasteiger charge is -2.31. The average Bonchev–Trinajstić information content (AvgIpc) is 3.17. The zero-order valence-electron chi connectivity index (χ0n) is 19.8. The number of hydrogen-bond acceptors (Lipinski definition) is 5. The number of allylic oxidation sites excluding steroid dienone is 1. The van der Waals surface area contributed by atoms with Crippen molar-refractivity contribution < 1.29 is 9.53 Å². The van der Waals surface area contributed by atoms with Gasteiger partial charge in [-0.05, 0) is 36.0 Å². The Morgan fingerprint density at radius 2 is 1.91 bits per heavy atom. The number of thioether (sulfide) groups is 1. The van der Waals surface area contributed by atoms with Gasteiger partial charge < -0.3 is 9.64 Å². The molecule has 0 unspecified atom stereocenters. The van der Waals surface area contributed by atoms with E-state index in [9.17, 15) is 4.79 Å². The number of rotatable bonds is 9. The molecule has 0 spiro atoms. The Morgan fingerprint density at radius 3 is 2.53 bits per heavy atom. The van der Waals surface area contributed by atoms with Crippen LogP contribution in [0, 0.1) is 0 Å². The summed E-state index contributed by atoms with van der Waals surface area (Å²) in [7, 11) is 1.93. The summed E-state index contributed by atoms with van der Waals surface area (Å²) in [4.78, 5) is 14.6. The Bertz CT molecular complexity index is 896. The van der Waals surface area contributed by atoms with Crippen molar-refractivity contribution in [3.63, 3.8) is 0 Å². The van der Waals surface area contributed by atoms with Crippen LogP contribution in [0.1, 0.15) is 64.3 Å². The van der Waals surface area contributed by atoms with Crippen molar-refractivity contribution >= 4 is 17.7 Å². The van der Waals surface area contributed by atoms with Crippen molar-refractivity contribution in [2.24, 2.45) is 0 Å². The van der Waals surface area contributed by atoms with Gasteiger partial charge in [0.25, 0.3) is 0 Å². The number of carbonyl (C=O) groups excluding carboxylic acids is 1. The van der Waals surface area contributed by atoms with Crippen LogP contribution in [0.4, 0.5) is 0 Å². The molecular weight excluding hydrogens is 420 g/mol. The summed E-state index contributed by atoms with van der Waals surface area (Å²) in [6, 6.07) is 8.55. The number of hydrogen-bond donors (Lipinski definition) is 0. The van der Waals surface area contributed by atoms with Crippen LogP contribution in [0.2, 0.25) is 0 Å². The van der Waals surface area contributed by atoms with E-state index in [-0.39, 0.29) is 11.3 Å². The van der Waals surface area contributed by atoms with E-state index in [1.807, 2.05) is 34.7 Å². The second-order valence-electron chi connectivity index (χ2n) is 9.45. The quantitative estimate of drug-likeness (QED) is 0.382. The largest absolute Gasteiger partial charge is 0.486 e. The second kappa shape index (κ2) is 11.0. The van der Waals surface area contributed by atoms with E-state index in [4.69, 9.17) is 4.74 Å². The molecule has 0 atom stereocenters. The molecule has 0 saturated heterocycles. The molecule has 1 fully saturated rings. The molecule has 0 radical (unpaired) electrons. The van der Waals surface area contributed by atoms with Crippen molar-refractivity contribution in [2.45, 2.75) is 82.6 Å². The topological polar surface area (TPSA) is 60.2 Å². The Morgan fingerprint density at radius 1 is 1.22 bits per heavy atom. The van der Waals surface area contributed by atoms with E-state index in [1.54, 1.807) is 0 Å². The summed E-state index contributed by atoms with van der Waals surface area (Å²) in [6.45, 7) is 11.3. The zero-order valence-corrected chi connectivity index (χ0v) is 20.7. The molecule has 1 amide bonds. The molecule has 174 valence electrons. The minimum atomic E-state index is 0.108. The molecule has 32 heavy (non-hydrogen) atoms. The predicted octanol–water partition coefficient (Wildman–Crippen LogP) is 5.22. The normalized spacial score (nSPS) is 14.9. The fourth-order valence-electron chi connectivity index (χ4n) is 3.94. The maximum atomic E-state index is 12.7. The third-order valence-corrected chi connectivity index (χ3v) is 6.99. The molecule has 0 N–H and O–H groups in total. The lowest BCUT2D eigenvalue weighted by Crippen LogP contribution is -2.39. The van der Waals surface area contributed by atoms with Crippen molar-refractivity contribution in [2.75, 3.05) is 12.8 Å². The highest BCUT2D eigenvalue weighted by Crippen LogP contribution is 2.26. The molecule has 1 heterocycles. The molecule has 6 nitrogen and oxygen atoms in total. The summed E-state index contributed by atoms with van der Waals surface area (Å²) in [5, 5.41) is 9.35. The predicted molar refractivity (Wildman–Crippen MR) is 130 cm³/mol. The SMILES string of the molecule is C=CCn1c(COc2ccc(C(C)(C)C)cc2)nnc1SCC(=O)N(C)C1CCCCC1. The Labute approximate surface area is 196 Å². The Balaban J connectivity index is 1.59. The maximum Gasteiger partial charge on any atom is 0.233 e. The summed E-state index contributed by atoms with van der Waals surface area (Å²) in [5.41, 5.74) is 1.37. The summed E-state index contributed by atoms with van der Waals surface area (Å²) < 4.78 is 7.93. The summed E-state index contributed by atoms with van der Waals surface area (Å²) in [6.07, 6.45) is 7.74. The number of ether oxygens (including phenoxy) is 1. The second-order valence-corrected chi connectivity index (χ2v) is 10.4. The van der Waals surface area contributed by atoms with Gasteiger partial charge in [-0.25, -0.2) is 0 Å². The van der Waals surface area contributed by atoms with E-state index in [0.29, 0.717) is 24.9 Å². The fourth-order valence-corrected chi connectivity index (χ4v) is 4.83. The number of amides is 1.